The van der Waals surface area contributed by atoms with Gasteiger partial charge in [0.15, 0.2) is 0 Å². The van der Waals surface area contributed by atoms with E-state index in [1.165, 1.54) is 7.11 Å². The van der Waals surface area contributed by atoms with Gasteiger partial charge in [-0.3, -0.25) is 0 Å². The Labute approximate surface area is 127 Å². The van der Waals surface area contributed by atoms with Crippen molar-refractivity contribution < 1.29 is 19.4 Å². The van der Waals surface area contributed by atoms with Gasteiger partial charge in [0.25, 0.3) is 0 Å². The number of carbonyl (C=O) groups excluding carboxylic acids is 1. The highest BCUT2D eigenvalue weighted by Gasteiger charge is 2.21. The first-order valence-corrected chi connectivity index (χ1v) is 7.06. The first-order chi connectivity index (χ1) is 8.90. The van der Waals surface area contributed by atoms with Crippen LogP contribution in [0.5, 0.6) is 0 Å². The van der Waals surface area contributed by atoms with E-state index < -0.39 is 18.0 Å². The summed E-state index contributed by atoms with van der Waals surface area (Å²) in [4.78, 5) is 22.8. The van der Waals surface area contributed by atoms with Crippen LogP contribution in [0.2, 0.25) is 0 Å². The molecule has 1 atom stereocenters. The number of anilines is 1. The number of halogens is 2. The van der Waals surface area contributed by atoms with Crippen molar-refractivity contribution in [3.63, 3.8) is 0 Å². The van der Waals surface area contributed by atoms with Crippen LogP contribution in [0.15, 0.2) is 21.1 Å². The Morgan fingerprint density at radius 2 is 2.05 bits per heavy atom. The molecule has 0 heterocycles. The molecule has 0 aliphatic heterocycles. The highest BCUT2D eigenvalue weighted by molar-refractivity contribution is 9.11. The minimum Gasteiger partial charge on any atom is -0.480 e. The molecule has 1 rings (SSSR count). The molecule has 1 aromatic rings. The van der Waals surface area contributed by atoms with Gasteiger partial charge >= 0.3 is 11.9 Å². The lowest BCUT2D eigenvalue weighted by Gasteiger charge is -2.18. The largest absolute Gasteiger partial charge is 0.480 e. The zero-order valence-corrected chi connectivity index (χ0v) is 13.5. The van der Waals surface area contributed by atoms with Crippen LogP contribution < -0.4 is 5.32 Å². The fourth-order valence-corrected chi connectivity index (χ4v) is 2.84. The maximum absolute atomic E-state index is 11.7. The molecule has 0 amide bonds. The fourth-order valence-electron chi connectivity index (χ4n) is 1.50. The first-order valence-electron chi connectivity index (χ1n) is 5.47. The van der Waals surface area contributed by atoms with Crippen LogP contribution >= 0.6 is 31.9 Å². The lowest BCUT2D eigenvalue weighted by atomic mass is 10.1. The summed E-state index contributed by atoms with van der Waals surface area (Å²) in [5.74, 6) is -1.52. The number of methoxy groups -OCH3 is 1. The van der Waals surface area contributed by atoms with E-state index in [-0.39, 0.29) is 5.56 Å². The summed E-state index contributed by atoms with van der Waals surface area (Å²) in [5, 5.41) is 11.9. The number of benzene rings is 1. The number of carbonyl (C=O) groups is 2. The third-order valence-corrected chi connectivity index (χ3v) is 3.57. The van der Waals surface area contributed by atoms with Crippen molar-refractivity contribution >= 4 is 49.5 Å². The van der Waals surface area contributed by atoms with E-state index in [0.29, 0.717) is 21.1 Å². The second kappa shape index (κ2) is 6.91. The number of hydrogen-bond donors (Lipinski definition) is 2. The van der Waals surface area contributed by atoms with Gasteiger partial charge in [-0.05, 0) is 34.5 Å². The lowest BCUT2D eigenvalue weighted by molar-refractivity contribution is -0.137. The third-order valence-electron chi connectivity index (χ3n) is 2.49. The Morgan fingerprint density at radius 3 is 2.53 bits per heavy atom. The van der Waals surface area contributed by atoms with Crippen LogP contribution in [0.3, 0.4) is 0 Å². The fraction of sp³-hybridized carbons (Fsp3) is 0.333. The van der Waals surface area contributed by atoms with Gasteiger partial charge in [0.2, 0.25) is 0 Å². The highest BCUT2D eigenvalue weighted by atomic mass is 79.9. The molecule has 0 radical (unpaired) electrons. The number of ether oxygens (including phenoxy) is 1. The number of rotatable bonds is 5. The van der Waals surface area contributed by atoms with E-state index in [0.717, 1.165) is 0 Å². The summed E-state index contributed by atoms with van der Waals surface area (Å²) < 4.78 is 5.97. The highest BCUT2D eigenvalue weighted by Crippen LogP contribution is 2.32. The molecule has 0 saturated heterocycles. The van der Waals surface area contributed by atoms with E-state index >= 15 is 0 Å². The summed E-state index contributed by atoms with van der Waals surface area (Å²) >= 11 is 6.58. The molecule has 1 aromatic carbocycles. The molecule has 0 saturated carbocycles. The number of hydrogen-bond acceptors (Lipinski definition) is 4. The maximum Gasteiger partial charge on any atom is 0.340 e. The molecular formula is C12H13Br2NO4. The van der Waals surface area contributed by atoms with E-state index in [4.69, 9.17) is 9.84 Å². The van der Waals surface area contributed by atoms with E-state index in [1.807, 2.05) is 0 Å². The van der Waals surface area contributed by atoms with Gasteiger partial charge in [-0.25, -0.2) is 9.59 Å². The number of carboxylic acids is 1. The Hall–Kier alpha value is -1.08. The predicted molar refractivity (Wildman–Crippen MR) is 78.5 cm³/mol. The molecular weight excluding hydrogens is 382 g/mol. The van der Waals surface area contributed by atoms with Crippen LogP contribution in [0.1, 0.15) is 23.7 Å². The lowest BCUT2D eigenvalue weighted by Crippen LogP contribution is -2.29. The van der Waals surface area contributed by atoms with Crippen molar-refractivity contribution in [2.75, 3.05) is 12.4 Å². The van der Waals surface area contributed by atoms with E-state index in [9.17, 15) is 9.59 Å². The van der Waals surface area contributed by atoms with E-state index in [2.05, 4.69) is 37.2 Å². The molecule has 0 fully saturated rings. The third kappa shape index (κ3) is 3.94. The van der Waals surface area contributed by atoms with E-state index in [1.54, 1.807) is 19.1 Å². The Kier molecular flexibility index (Phi) is 5.81. The molecule has 5 nitrogen and oxygen atoms in total. The number of aliphatic carboxylic acids is 1. The molecule has 0 aromatic heterocycles. The normalized spacial score (nSPS) is 11.8. The summed E-state index contributed by atoms with van der Waals surface area (Å²) in [5.41, 5.74) is 0.674. The predicted octanol–water partition coefficient (Wildman–Crippen LogP) is 3.27. The van der Waals surface area contributed by atoms with Gasteiger partial charge in [0.05, 0.1) is 18.4 Å². The van der Waals surface area contributed by atoms with Crippen molar-refractivity contribution in [1.82, 2.24) is 0 Å². The van der Waals surface area contributed by atoms with Gasteiger partial charge in [-0.15, -0.1) is 0 Å². The van der Waals surface area contributed by atoms with Crippen molar-refractivity contribution in [3.05, 3.63) is 26.6 Å². The van der Waals surface area contributed by atoms with Crippen molar-refractivity contribution in [2.24, 2.45) is 0 Å². The smallest absolute Gasteiger partial charge is 0.340 e. The number of carboxylic acid groups (broad SMARTS) is 1. The molecule has 104 valence electrons. The number of esters is 1. The summed E-state index contributed by atoms with van der Waals surface area (Å²) in [6, 6.07) is 2.53. The molecule has 0 aliphatic carbocycles. The van der Waals surface area contributed by atoms with Crippen molar-refractivity contribution in [2.45, 2.75) is 19.4 Å². The number of nitrogens with one attached hydrogen (secondary N) is 1. The quantitative estimate of drug-likeness (QED) is 0.749. The molecule has 2 N–H and O–H groups in total. The molecule has 1 unspecified atom stereocenters. The van der Waals surface area contributed by atoms with Crippen LogP contribution in [-0.4, -0.2) is 30.2 Å². The second-order valence-electron chi connectivity index (χ2n) is 3.75. The molecule has 0 spiro atoms. The minimum absolute atomic E-state index is 0.267. The SMILES string of the molecule is CCC(Nc1c(Br)cc(Br)cc1C(=O)OC)C(=O)O. The second-order valence-corrected chi connectivity index (χ2v) is 5.52. The van der Waals surface area contributed by atoms with Crippen LogP contribution in [0, 0.1) is 0 Å². The van der Waals surface area contributed by atoms with Gasteiger partial charge in [0.1, 0.15) is 6.04 Å². The molecule has 0 bridgehead atoms. The molecule has 7 heteroatoms. The summed E-state index contributed by atoms with van der Waals surface area (Å²) in [6.07, 6.45) is 0.387. The van der Waals surface area contributed by atoms with Gasteiger partial charge < -0.3 is 15.2 Å². The van der Waals surface area contributed by atoms with Gasteiger partial charge in [-0.1, -0.05) is 22.9 Å². The summed E-state index contributed by atoms with van der Waals surface area (Å²) in [7, 11) is 1.27. The zero-order chi connectivity index (χ0) is 14.6. The van der Waals surface area contributed by atoms with Crippen LogP contribution in [-0.2, 0) is 9.53 Å². The molecule has 0 aliphatic rings. The average Bonchev–Trinajstić information content (AvgIpc) is 2.35. The molecule has 19 heavy (non-hydrogen) atoms. The van der Waals surface area contributed by atoms with Gasteiger partial charge in [-0.2, -0.15) is 0 Å². The Morgan fingerprint density at radius 1 is 1.42 bits per heavy atom. The topological polar surface area (TPSA) is 75.6 Å². The monoisotopic (exact) mass is 393 g/mol. The first kappa shape index (κ1) is 16.0. The van der Waals surface area contributed by atoms with Crippen LogP contribution in [0.4, 0.5) is 5.69 Å². The van der Waals surface area contributed by atoms with Crippen molar-refractivity contribution in [3.8, 4) is 0 Å². The average molecular weight is 395 g/mol. The Balaban J connectivity index is 3.24. The standard InChI is InChI=1S/C12H13Br2NO4/c1-3-9(11(16)17)15-10-7(12(18)19-2)4-6(13)5-8(10)14/h4-5,9,15H,3H2,1-2H3,(H,16,17). The van der Waals surface area contributed by atoms with Gasteiger partial charge in [0, 0.05) is 8.95 Å². The zero-order valence-electron chi connectivity index (χ0n) is 10.4. The minimum atomic E-state index is -0.979. The Bertz CT molecular complexity index is 505. The van der Waals surface area contributed by atoms with Crippen molar-refractivity contribution in [1.29, 1.82) is 0 Å². The summed E-state index contributed by atoms with van der Waals surface area (Å²) in [6.45, 7) is 1.75. The van der Waals surface area contributed by atoms with Crippen LogP contribution in [0.25, 0.3) is 0 Å². The maximum atomic E-state index is 11.7.